The summed E-state index contributed by atoms with van der Waals surface area (Å²) < 4.78 is 10.1. The van der Waals surface area contributed by atoms with Gasteiger partial charge in [0.25, 0.3) is 5.69 Å². The SMILES string of the molecule is COC(=O)C(Cc1ccc(N=C(c2ccccc2)c2c(O)[nH]c3ccc([N+](=O)[O-])cc23)cc1)NC(=O)OC(C)(C)C. The second-order valence-electron chi connectivity index (χ2n) is 10.3. The minimum absolute atomic E-state index is 0.116. The Kier molecular flexibility index (Phi) is 8.37. The van der Waals surface area contributed by atoms with Crippen LogP contribution in [0, 0.1) is 10.1 Å². The third kappa shape index (κ3) is 7.07. The maximum Gasteiger partial charge on any atom is 0.408 e. The molecule has 0 fully saturated rings. The van der Waals surface area contributed by atoms with Gasteiger partial charge in [0.05, 0.1) is 29.0 Å². The highest BCUT2D eigenvalue weighted by Crippen LogP contribution is 2.33. The van der Waals surface area contributed by atoms with E-state index in [1.165, 1.54) is 25.3 Å². The third-order valence-corrected chi connectivity index (χ3v) is 6.05. The number of ether oxygens (including phenoxy) is 2. The Labute approximate surface area is 236 Å². The number of nitro groups is 1. The maximum absolute atomic E-state index is 12.3. The maximum atomic E-state index is 12.3. The monoisotopic (exact) mass is 558 g/mol. The Balaban J connectivity index is 1.69. The number of fused-ring (bicyclic) bond motifs is 1. The number of aromatic hydroxyl groups is 1. The minimum atomic E-state index is -0.969. The van der Waals surface area contributed by atoms with Gasteiger partial charge in [-0.15, -0.1) is 0 Å². The molecule has 212 valence electrons. The number of aromatic nitrogens is 1. The van der Waals surface area contributed by atoms with Crippen LogP contribution < -0.4 is 5.32 Å². The summed E-state index contributed by atoms with van der Waals surface area (Å²) in [5.74, 6) is -0.790. The lowest BCUT2D eigenvalue weighted by Gasteiger charge is -2.22. The van der Waals surface area contributed by atoms with E-state index in [2.05, 4.69) is 10.3 Å². The highest BCUT2D eigenvalue weighted by atomic mass is 16.6. The fraction of sp³-hybridized carbons (Fsp3) is 0.233. The topological polar surface area (TPSA) is 156 Å². The van der Waals surface area contributed by atoms with Crippen LogP contribution in [0.4, 0.5) is 16.2 Å². The van der Waals surface area contributed by atoms with E-state index < -0.39 is 28.6 Å². The normalized spacial score (nSPS) is 12.5. The van der Waals surface area contributed by atoms with E-state index in [0.29, 0.717) is 33.4 Å². The van der Waals surface area contributed by atoms with Crippen molar-refractivity contribution in [3.8, 4) is 5.88 Å². The number of rotatable bonds is 8. The molecule has 0 saturated carbocycles. The van der Waals surface area contributed by atoms with Crippen molar-refractivity contribution in [1.82, 2.24) is 10.3 Å². The predicted octanol–water partition coefficient (Wildman–Crippen LogP) is 5.56. The number of amides is 1. The lowest BCUT2D eigenvalue weighted by atomic mass is 10.0. The number of carbonyl (C=O) groups is 2. The molecular weight excluding hydrogens is 528 g/mol. The summed E-state index contributed by atoms with van der Waals surface area (Å²) in [6.45, 7) is 5.17. The van der Waals surface area contributed by atoms with Crippen molar-refractivity contribution in [1.29, 1.82) is 0 Å². The van der Waals surface area contributed by atoms with Gasteiger partial charge < -0.3 is 24.9 Å². The van der Waals surface area contributed by atoms with Gasteiger partial charge in [0, 0.05) is 35.0 Å². The van der Waals surface area contributed by atoms with Crippen molar-refractivity contribution in [3.05, 3.63) is 99.6 Å². The number of hydrogen-bond acceptors (Lipinski definition) is 8. The number of methoxy groups -OCH3 is 1. The number of nitrogens with zero attached hydrogens (tertiary/aromatic N) is 2. The molecule has 1 aromatic heterocycles. The Hall–Kier alpha value is -5.19. The lowest BCUT2D eigenvalue weighted by Crippen LogP contribution is -2.45. The highest BCUT2D eigenvalue weighted by Gasteiger charge is 2.25. The molecule has 0 aliphatic heterocycles. The fourth-order valence-corrected chi connectivity index (χ4v) is 4.24. The lowest BCUT2D eigenvalue weighted by molar-refractivity contribution is -0.384. The first-order valence-corrected chi connectivity index (χ1v) is 12.7. The van der Waals surface area contributed by atoms with Gasteiger partial charge in [-0.1, -0.05) is 42.5 Å². The zero-order valence-corrected chi connectivity index (χ0v) is 23.0. The molecule has 0 spiro atoms. The number of nitro benzene ring substituents is 1. The van der Waals surface area contributed by atoms with Gasteiger partial charge in [0.15, 0.2) is 5.88 Å². The van der Waals surface area contributed by atoms with Crippen LogP contribution in [0.5, 0.6) is 5.88 Å². The first-order valence-electron chi connectivity index (χ1n) is 12.7. The number of esters is 1. The minimum Gasteiger partial charge on any atom is -0.494 e. The molecule has 1 heterocycles. The first-order chi connectivity index (χ1) is 19.4. The predicted molar refractivity (Wildman–Crippen MR) is 154 cm³/mol. The van der Waals surface area contributed by atoms with E-state index in [-0.39, 0.29) is 18.0 Å². The molecule has 0 bridgehead atoms. The molecule has 41 heavy (non-hydrogen) atoms. The molecule has 0 radical (unpaired) electrons. The Bertz CT molecular complexity index is 1600. The molecule has 11 nitrogen and oxygen atoms in total. The second kappa shape index (κ2) is 11.9. The summed E-state index contributed by atoms with van der Waals surface area (Å²) in [7, 11) is 1.24. The third-order valence-electron chi connectivity index (χ3n) is 6.05. The number of benzene rings is 3. The number of aliphatic imine (C=N–C) groups is 1. The summed E-state index contributed by atoms with van der Waals surface area (Å²) in [6, 6.07) is 19.5. The van der Waals surface area contributed by atoms with E-state index in [1.807, 2.05) is 30.3 Å². The molecule has 4 aromatic rings. The van der Waals surface area contributed by atoms with Crippen molar-refractivity contribution < 1.29 is 29.1 Å². The Morgan fingerprint density at radius 2 is 1.76 bits per heavy atom. The number of H-pyrrole nitrogens is 1. The van der Waals surface area contributed by atoms with E-state index >= 15 is 0 Å². The first kappa shape index (κ1) is 28.8. The zero-order chi connectivity index (χ0) is 29.7. The smallest absolute Gasteiger partial charge is 0.408 e. The molecule has 11 heteroatoms. The number of carbonyl (C=O) groups excluding carboxylic acids is 2. The molecule has 0 aliphatic rings. The summed E-state index contributed by atoms with van der Waals surface area (Å²) in [5, 5.41) is 25.3. The molecule has 4 rings (SSSR count). The van der Waals surface area contributed by atoms with Crippen LogP contribution in [0.1, 0.15) is 37.5 Å². The number of alkyl carbamates (subject to hydrolysis) is 1. The van der Waals surface area contributed by atoms with Crippen LogP contribution in [0.15, 0.2) is 77.8 Å². The summed E-state index contributed by atoms with van der Waals surface area (Å²) in [6.07, 6.45) is -0.589. The van der Waals surface area contributed by atoms with Gasteiger partial charge in [0.2, 0.25) is 0 Å². The molecule has 1 atom stereocenters. The largest absolute Gasteiger partial charge is 0.494 e. The van der Waals surface area contributed by atoms with Crippen molar-refractivity contribution in [2.45, 2.75) is 38.8 Å². The van der Waals surface area contributed by atoms with Crippen LogP contribution in [-0.2, 0) is 20.7 Å². The van der Waals surface area contributed by atoms with Gasteiger partial charge >= 0.3 is 12.1 Å². The van der Waals surface area contributed by atoms with Gasteiger partial charge in [-0.25, -0.2) is 14.6 Å². The van der Waals surface area contributed by atoms with Crippen LogP contribution in [0.2, 0.25) is 0 Å². The highest BCUT2D eigenvalue weighted by molar-refractivity contribution is 6.22. The fourth-order valence-electron chi connectivity index (χ4n) is 4.24. The summed E-state index contributed by atoms with van der Waals surface area (Å²) in [4.78, 5) is 43.2. The van der Waals surface area contributed by atoms with Crippen LogP contribution in [0.3, 0.4) is 0 Å². The van der Waals surface area contributed by atoms with Crippen molar-refractivity contribution in [3.63, 3.8) is 0 Å². The Morgan fingerprint density at radius 3 is 2.37 bits per heavy atom. The van der Waals surface area contributed by atoms with Crippen LogP contribution in [-0.4, -0.2) is 51.5 Å². The Morgan fingerprint density at radius 1 is 1.07 bits per heavy atom. The van der Waals surface area contributed by atoms with Crippen molar-refractivity contribution in [2.75, 3.05) is 7.11 Å². The standard InChI is InChI=1S/C30H30N4O7/c1-30(2,3)41-29(37)33-24(28(36)40-4)16-18-10-12-20(13-11-18)31-26(19-8-6-5-7-9-19)25-22-17-21(34(38)39)14-15-23(22)32-27(25)35/h5-15,17,24,32,35H,16H2,1-4H3,(H,33,37). The van der Waals surface area contributed by atoms with E-state index in [4.69, 9.17) is 14.5 Å². The molecule has 1 amide bonds. The quantitative estimate of drug-likeness (QED) is 0.111. The van der Waals surface area contributed by atoms with Gasteiger partial charge in [-0.05, 0) is 44.5 Å². The number of aromatic amines is 1. The van der Waals surface area contributed by atoms with E-state index in [0.717, 1.165) is 5.56 Å². The van der Waals surface area contributed by atoms with Gasteiger partial charge in [0.1, 0.15) is 11.6 Å². The molecular formula is C30H30N4O7. The summed E-state index contributed by atoms with van der Waals surface area (Å²) in [5.41, 5.74) is 2.34. The molecule has 1 unspecified atom stereocenters. The number of nitrogens with one attached hydrogen (secondary N) is 2. The average molecular weight is 559 g/mol. The van der Waals surface area contributed by atoms with Gasteiger partial charge in [-0.2, -0.15) is 0 Å². The van der Waals surface area contributed by atoms with Gasteiger partial charge in [-0.3, -0.25) is 10.1 Å². The molecule has 3 N–H and O–H groups in total. The molecule has 3 aromatic carbocycles. The van der Waals surface area contributed by atoms with Crippen LogP contribution in [0.25, 0.3) is 10.9 Å². The van der Waals surface area contributed by atoms with Crippen molar-refractivity contribution in [2.24, 2.45) is 4.99 Å². The van der Waals surface area contributed by atoms with Crippen molar-refractivity contribution >= 4 is 40.1 Å². The van der Waals surface area contributed by atoms with E-state index in [9.17, 15) is 24.8 Å². The zero-order valence-electron chi connectivity index (χ0n) is 23.0. The number of hydrogen-bond donors (Lipinski definition) is 3. The van der Waals surface area contributed by atoms with Crippen LogP contribution >= 0.6 is 0 Å². The van der Waals surface area contributed by atoms with E-state index in [1.54, 1.807) is 45.0 Å². The average Bonchev–Trinajstić information content (AvgIpc) is 3.25. The summed E-state index contributed by atoms with van der Waals surface area (Å²) >= 11 is 0. The second-order valence-corrected chi connectivity index (χ2v) is 10.3. The number of non-ortho nitro benzene ring substituents is 1. The molecule has 0 saturated heterocycles. The molecule has 0 aliphatic carbocycles.